The lowest BCUT2D eigenvalue weighted by Gasteiger charge is -2.40. The van der Waals surface area contributed by atoms with Gasteiger partial charge >= 0.3 is 6.18 Å². The van der Waals surface area contributed by atoms with E-state index in [1.54, 1.807) is 6.92 Å². The molecule has 17 heavy (non-hydrogen) atoms. The summed E-state index contributed by atoms with van der Waals surface area (Å²) in [6.07, 6.45) is -4.87. The highest BCUT2D eigenvalue weighted by Crippen LogP contribution is 2.54. The molecule has 0 N–H and O–H groups in total. The molecule has 0 aliphatic heterocycles. The molecule has 1 rings (SSSR count). The molecule has 0 saturated heterocycles. The van der Waals surface area contributed by atoms with Gasteiger partial charge in [-0.25, -0.2) is 0 Å². The van der Waals surface area contributed by atoms with Crippen LogP contribution in [0.2, 0.25) is 0 Å². The van der Waals surface area contributed by atoms with E-state index in [2.05, 4.69) is 0 Å². The van der Waals surface area contributed by atoms with Gasteiger partial charge in [0.1, 0.15) is 5.66 Å². The summed E-state index contributed by atoms with van der Waals surface area (Å²) in [6, 6.07) is 5.18. The second-order valence-corrected chi connectivity index (χ2v) is 5.13. The summed E-state index contributed by atoms with van der Waals surface area (Å²) in [6.45, 7) is 1.59. The lowest BCUT2D eigenvalue weighted by molar-refractivity contribution is -0.325. The van der Waals surface area contributed by atoms with Crippen molar-refractivity contribution in [2.45, 2.75) is 25.2 Å². The summed E-state index contributed by atoms with van der Waals surface area (Å²) < 4.78 is 48.7. The maximum absolute atomic E-state index is 12.6. The molecule has 0 amide bonds. The minimum atomic E-state index is -5.78. The predicted molar refractivity (Wildman–Crippen MR) is 52.2 cm³/mol. The molecule has 96 valence electrons. The highest BCUT2D eigenvalue weighted by atomic mass is 31.2. The number of hydrogen-bond acceptors (Lipinski definition) is 3. The lowest BCUT2D eigenvalue weighted by atomic mass is 10.0. The molecule has 1 aromatic carbocycles. The van der Waals surface area contributed by atoms with Crippen molar-refractivity contribution < 1.29 is 27.5 Å². The van der Waals surface area contributed by atoms with Crippen molar-refractivity contribution in [2.24, 2.45) is 0 Å². The molecule has 1 atom stereocenters. The number of aryl methyl sites for hydroxylation is 1. The molecule has 1 aromatic rings. The Hall–Kier alpha value is -0.840. The summed E-state index contributed by atoms with van der Waals surface area (Å²) >= 11 is 0. The predicted octanol–water partition coefficient (Wildman–Crippen LogP) is 1.77. The zero-order valence-corrected chi connectivity index (χ0v) is 9.79. The van der Waals surface area contributed by atoms with Gasteiger partial charge in [-0.1, -0.05) is 38.8 Å². The molecule has 7 heteroatoms. The molecule has 3 nitrogen and oxygen atoms in total. The first-order valence-corrected chi connectivity index (χ1v) is 6.45. The van der Waals surface area contributed by atoms with E-state index >= 15 is 0 Å². The normalized spacial score (nSPS) is 14.7. The van der Waals surface area contributed by atoms with Gasteiger partial charge in [-0.05, 0) is 17.5 Å². The maximum atomic E-state index is 12.6. The smallest absolute Gasteiger partial charge is 0.400 e. The van der Waals surface area contributed by atoms with Crippen LogP contribution in [0, 0.1) is 0 Å². The summed E-state index contributed by atoms with van der Waals surface area (Å²) in [5.41, 5.74) is -3.23. The zero-order valence-electron chi connectivity index (χ0n) is 8.90. The fraction of sp³-hybridized carbons (Fsp3) is 0.400. The van der Waals surface area contributed by atoms with Gasteiger partial charge in [0, 0.05) is 0 Å². The van der Waals surface area contributed by atoms with Crippen LogP contribution in [-0.2, 0) is 11.0 Å². The molecular weight excluding hydrogens is 256 g/mol. The van der Waals surface area contributed by atoms with E-state index < -0.39 is 25.0 Å². The summed E-state index contributed by atoms with van der Waals surface area (Å²) in [5.74, 6) is 0. The standard InChI is InChI=1S/C10H12F3O3P/c1-2-7-5-3-4-6-8(7)9(10(11,12)13)17(14,15)16/h3-6,9H,2H2,1H3,(H2,14,15,16)/p-2. The van der Waals surface area contributed by atoms with Crippen LogP contribution in [-0.4, -0.2) is 6.18 Å². The molecule has 0 bridgehead atoms. The molecule has 0 aliphatic carbocycles. The van der Waals surface area contributed by atoms with Crippen LogP contribution in [0.25, 0.3) is 0 Å². The second kappa shape index (κ2) is 4.80. The van der Waals surface area contributed by atoms with Crippen LogP contribution in [0.3, 0.4) is 0 Å². The zero-order chi connectivity index (χ0) is 13.3. The Kier molecular flexibility index (Phi) is 4.02. The van der Waals surface area contributed by atoms with Crippen molar-refractivity contribution in [2.75, 3.05) is 0 Å². The van der Waals surface area contributed by atoms with Crippen molar-refractivity contribution >= 4 is 7.60 Å². The first-order valence-electron chi connectivity index (χ1n) is 4.84. The summed E-state index contributed by atoms with van der Waals surface area (Å²) in [7, 11) is -5.78. The molecule has 1 unspecified atom stereocenters. The number of alkyl halides is 3. The topological polar surface area (TPSA) is 63.2 Å². The van der Waals surface area contributed by atoms with Crippen LogP contribution in [0.4, 0.5) is 13.2 Å². The monoisotopic (exact) mass is 266 g/mol. The average molecular weight is 266 g/mol. The highest BCUT2D eigenvalue weighted by Gasteiger charge is 2.43. The van der Waals surface area contributed by atoms with Crippen molar-refractivity contribution in [3.05, 3.63) is 35.4 Å². The molecule has 0 aromatic heterocycles. The number of rotatable bonds is 3. The second-order valence-electron chi connectivity index (χ2n) is 3.54. The third-order valence-electron chi connectivity index (χ3n) is 2.36. The Morgan fingerprint density at radius 2 is 1.82 bits per heavy atom. The molecule has 0 fully saturated rings. The number of benzene rings is 1. The minimum Gasteiger partial charge on any atom is -0.810 e. The van der Waals surface area contributed by atoms with E-state index in [9.17, 15) is 27.5 Å². The Labute approximate surface area is 96.4 Å². The minimum absolute atomic E-state index is 0.210. The Morgan fingerprint density at radius 1 is 1.29 bits per heavy atom. The van der Waals surface area contributed by atoms with Crippen LogP contribution >= 0.6 is 7.60 Å². The van der Waals surface area contributed by atoms with Crippen molar-refractivity contribution in [1.29, 1.82) is 0 Å². The van der Waals surface area contributed by atoms with Crippen LogP contribution < -0.4 is 9.79 Å². The van der Waals surface area contributed by atoms with E-state index in [1.807, 2.05) is 0 Å². The van der Waals surface area contributed by atoms with Gasteiger partial charge < -0.3 is 14.4 Å². The molecule has 0 aliphatic rings. The van der Waals surface area contributed by atoms with Crippen LogP contribution in [0.15, 0.2) is 24.3 Å². The van der Waals surface area contributed by atoms with Gasteiger partial charge in [0.05, 0.1) is 0 Å². The Bertz CT molecular complexity index is 439. The van der Waals surface area contributed by atoms with E-state index in [4.69, 9.17) is 0 Å². The van der Waals surface area contributed by atoms with E-state index in [0.717, 1.165) is 6.07 Å². The van der Waals surface area contributed by atoms with Gasteiger partial charge in [0.15, 0.2) is 0 Å². The van der Waals surface area contributed by atoms with Gasteiger partial charge in [0.2, 0.25) is 0 Å². The molecule has 0 spiro atoms. The first-order chi connectivity index (χ1) is 7.68. The van der Waals surface area contributed by atoms with Crippen molar-refractivity contribution in [1.82, 2.24) is 0 Å². The average Bonchev–Trinajstić information content (AvgIpc) is 2.14. The first kappa shape index (κ1) is 14.2. The molecule has 0 radical (unpaired) electrons. The van der Waals surface area contributed by atoms with E-state index in [1.165, 1.54) is 18.2 Å². The van der Waals surface area contributed by atoms with E-state index in [0.29, 0.717) is 0 Å². The molecule has 0 saturated carbocycles. The summed E-state index contributed by atoms with van der Waals surface area (Å²) in [5, 5.41) is 0. The highest BCUT2D eigenvalue weighted by molar-refractivity contribution is 7.49. The number of hydrogen-bond donors (Lipinski definition) is 0. The van der Waals surface area contributed by atoms with Gasteiger partial charge in [0.25, 0.3) is 0 Å². The third-order valence-corrected chi connectivity index (χ3v) is 3.56. The number of halogens is 3. The SMILES string of the molecule is CCc1ccccc1C(C(F)(F)F)P(=O)([O-])[O-]. The Balaban J connectivity index is 3.38. The maximum Gasteiger partial charge on any atom is 0.400 e. The lowest BCUT2D eigenvalue weighted by Crippen LogP contribution is -2.31. The fourth-order valence-corrected chi connectivity index (χ4v) is 2.60. The van der Waals surface area contributed by atoms with Gasteiger partial charge in [-0.3, -0.25) is 0 Å². The quantitative estimate of drug-likeness (QED) is 0.783. The van der Waals surface area contributed by atoms with Crippen molar-refractivity contribution in [3.8, 4) is 0 Å². The molecular formula is C10H10F3O3P-2. The van der Waals surface area contributed by atoms with Crippen LogP contribution in [0.1, 0.15) is 23.7 Å². The third kappa shape index (κ3) is 3.31. The van der Waals surface area contributed by atoms with Gasteiger partial charge in [-0.2, -0.15) is 13.2 Å². The molecule has 0 heterocycles. The van der Waals surface area contributed by atoms with E-state index in [-0.39, 0.29) is 12.0 Å². The van der Waals surface area contributed by atoms with Crippen LogP contribution in [0.5, 0.6) is 0 Å². The Morgan fingerprint density at radius 3 is 2.24 bits per heavy atom. The summed E-state index contributed by atoms with van der Waals surface area (Å²) in [4.78, 5) is 21.6. The van der Waals surface area contributed by atoms with Gasteiger partial charge in [-0.15, -0.1) is 0 Å². The largest absolute Gasteiger partial charge is 0.810 e. The van der Waals surface area contributed by atoms with Crippen molar-refractivity contribution in [3.63, 3.8) is 0 Å². The fourth-order valence-electron chi connectivity index (χ4n) is 1.65.